The fraction of sp³-hybridized carbons (Fsp3) is 0. The number of anilines is 1. The van der Waals surface area contributed by atoms with Crippen LogP contribution in [0.2, 0.25) is 0 Å². The Kier molecular flexibility index (Phi) is 3.34. The van der Waals surface area contributed by atoms with E-state index in [4.69, 9.17) is 0 Å². The Bertz CT molecular complexity index is 772. The van der Waals surface area contributed by atoms with E-state index in [0.29, 0.717) is 6.07 Å². The van der Waals surface area contributed by atoms with Gasteiger partial charge < -0.3 is 4.98 Å². The second-order valence-electron chi connectivity index (χ2n) is 3.60. The van der Waals surface area contributed by atoms with Gasteiger partial charge in [0.2, 0.25) is 5.43 Å². The third-order valence-electron chi connectivity index (χ3n) is 2.25. The summed E-state index contributed by atoms with van der Waals surface area (Å²) in [5.41, 5.74) is -1.33. The first-order valence-electron chi connectivity index (χ1n) is 5.05. The highest BCUT2D eigenvalue weighted by Crippen LogP contribution is 2.18. The van der Waals surface area contributed by atoms with Crippen LogP contribution in [0.15, 0.2) is 46.3 Å². The number of rotatable bonds is 3. The molecule has 2 rings (SSSR count). The first kappa shape index (κ1) is 13.2. The summed E-state index contributed by atoms with van der Waals surface area (Å²) in [6.45, 7) is 0. The lowest BCUT2D eigenvalue weighted by Gasteiger charge is -2.08. The Morgan fingerprint density at radius 3 is 2.58 bits per heavy atom. The standard InChI is InChI=1S/C11H8F2N2O3S/c12-7-1-2-8(13)9(5-7)15-19(17,18)11-6-14-4-3-10(11)16/h1-6,15H,(H,14,16). The highest BCUT2D eigenvalue weighted by Gasteiger charge is 2.19. The van der Waals surface area contributed by atoms with E-state index >= 15 is 0 Å². The summed E-state index contributed by atoms with van der Waals surface area (Å²) in [4.78, 5) is 13.2. The Hall–Kier alpha value is -2.22. The summed E-state index contributed by atoms with van der Waals surface area (Å²) in [5.74, 6) is -1.75. The third kappa shape index (κ3) is 2.79. The number of pyridine rings is 1. The van der Waals surface area contributed by atoms with Crippen LogP contribution in [0.5, 0.6) is 0 Å². The highest BCUT2D eigenvalue weighted by atomic mass is 32.2. The maximum absolute atomic E-state index is 13.3. The van der Waals surface area contributed by atoms with Gasteiger partial charge in [-0.1, -0.05) is 0 Å². The van der Waals surface area contributed by atoms with Crippen molar-refractivity contribution in [1.29, 1.82) is 0 Å². The van der Waals surface area contributed by atoms with Gasteiger partial charge in [0, 0.05) is 24.5 Å². The molecule has 0 radical (unpaired) electrons. The van der Waals surface area contributed by atoms with Crippen LogP contribution in [-0.2, 0) is 10.0 Å². The maximum Gasteiger partial charge on any atom is 0.267 e. The molecule has 0 atom stereocenters. The van der Waals surface area contributed by atoms with Gasteiger partial charge in [-0.2, -0.15) is 0 Å². The number of aromatic amines is 1. The molecule has 0 spiro atoms. The van der Waals surface area contributed by atoms with Crippen LogP contribution < -0.4 is 10.2 Å². The molecule has 100 valence electrons. The van der Waals surface area contributed by atoms with Crippen molar-refractivity contribution in [2.24, 2.45) is 0 Å². The highest BCUT2D eigenvalue weighted by molar-refractivity contribution is 7.92. The number of halogens is 2. The Balaban J connectivity index is 2.45. The molecule has 0 amide bonds. The fourth-order valence-corrected chi connectivity index (χ4v) is 2.50. The van der Waals surface area contributed by atoms with Crippen molar-refractivity contribution in [2.45, 2.75) is 4.90 Å². The third-order valence-corrected chi connectivity index (χ3v) is 3.64. The lowest BCUT2D eigenvalue weighted by molar-refractivity contribution is 0.593. The smallest absolute Gasteiger partial charge is 0.267 e. The Labute approximate surface area is 107 Å². The Morgan fingerprint density at radius 1 is 1.16 bits per heavy atom. The van der Waals surface area contributed by atoms with Gasteiger partial charge in [-0.25, -0.2) is 17.2 Å². The first-order chi connectivity index (χ1) is 8.90. The molecule has 19 heavy (non-hydrogen) atoms. The van der Waals surface area contributed by atoms with Gasteiger partial charge in [0.05, 0.1) is 5.69 Å². The molecule has 5 nitrogen and oxygen atoms in total. The van der Waals surface area contributed by atoms with Gasteiger partial charge in [0.1, 0.15) is 11.6 Å². The monoisotopic (exact) mass is 286 g/mol. The summed E-state index contributed by atoms with van der Waals surface area (Å²) >= 11 is 0. The largest absolute Gasteiger partial charge is 0.366 e. The summed E-state index contributed by atoms with van der Waals surface area (Å²) in [5, 5.41) is 0. The number of hydrogen-bond acceptors (Lipinski definition) is 3. The summed E-state index contributed by atoms with van der Waals surface area (Å²) in [6.07, 6.45) is 2.21. The molecule has 1 heterocycles. The molecule has 0 bridgehead atoms. The van der Waals surface area contributed by atoms with Crippen molar-refractivity contribution in [1.82, 2.24) is 4.98 Å². The minimum Gasteiger partial charge on any atom is -0.366 e. The molecular formula is C11H8F2N2O3S. The quantitative estimate of drug-likeness (QED) is 0.896. The van der Waals surface area contributed by atoms with E-state index in [-0.39, 0.29) is 0 Å². The lowest BCUT2D eigenvalue weighted by Crippen LogP contribution is -2.21. The van der Waals surface area contributed by atoms with E-state index in [1.807, 2.05) is 4.72 Å². The predicted molar refractivity (Wildman–Crippen MR) is 64.2 cm³/mol. The minimum atomic E-state index is -4.28. The van der Waals surface area contributed by atoms with E-state index < -0.39 is 37.7 Å². The average molecular weight is 286 g/mol. The second kappa shape index (κ2) is 4.81. The number of nitrogens with one attached hydrogen (secondary N) is 2. The predicted octanol–water partition coefficient (Wildman–Crippen LogP) is 1.45. The SMILES string of the molecule is O=c1cc[nH]cc1S(=O)(=O)Nc1cc(F)ccc1F. The van der Waals surface area contributed by atoms with Gasteiger partial charge >= 0.3 is 0 Å². The lowest BCUT2D eigenvalue weighted by atomic mass is 10.3. The molecule has 2 aromatic rings. The molecule has 1 aromatic carbocycles. The van der Waals surface area contributed by atoms with Gasteiger partial charge in [0.15, 0.2) is 4.90 Å². The number of sulfonamides is 1. The maximum atomic E-state index is 13.3. The van der Waals surface area contributed by atoms with E-state index in [1.165, 1.54) is 6.20 Å². The number of benzene rings is 1. The van der Waals surface area contributed by atoms with E-state index in [9.17, 15) is 22.0 Å². The van der Waals surface area contributed by atoms with Crippen LogP contribution in [0.3, 0.4) is 0 Å². The van der Waals surface area contributed by atoms with Gasteiger partial charge in [0.25, 0.3) is 10.0 Å². The van der Waals surface area contributed by atoms with Crippen molar-refractivity contribution in [2.75, 3.05) is 4.72 Å². The molecule has 0 saturated carbocycles. The molecular weight excluding hydrogens is 278 g/mol. The summed E-state index contributed by atoms with van der Waals surface area (Å²) in [6, 6.07) is 3.32. The van der Waals surface area contributed by atoms with E-state index in [1.54, 1.807) is 0 Å². The molecule has 0 fully saturated rings. The summed E-state index contributed by atoms with van der Waals surface area (Å²) < 4.78 is 51.8. The van der Waals surface area contributed by atoms with Crippen molar-refractivity contribution >= 4 is 15.7 Å². The molecule has 0 unspecified atom stereocenters. The van der Waals surface area contributed by atoms with Gasteiger partial charge in [-0.3, -0.25) is 9.52 Å². The van der Waals surface area contributed by atoms with Crippen molar-refractivity contribution < 1.29 is 17.2 Å². The molecule has 0 aliphatic rings. The molecule has 2 N–H and O–H groups in total. The zero-order valence-electron chi connectivity index (χ0n) is 9.35. The van der Waals surface area contributed by atoms with Crippen molar-refractivity contribution in [3.63, 3.8) is 0 Å². The number of aromatic nitrogens is 1. The van der Waals surface area contributed by atoms with Gasteiger partial charge in [-0.05, 0) is 12.1 Å². The molecule has 0 aliphatic heterocycles. The second-order valence-corrected chi connectivity index (χ2v) is 5.25. The van der Waals surface area contributed by atoms with Crippen molar-refractivity contribution in [3.05, 3.63) is 58.5 Å². The average Bonchev–Trinajstić information content (AvgIpc) is 2.34. The molecule has 1 aromatic heterocycles. The van der Waals surface area contributed by atoms with Gasteiger partial charge in [-0.15, -0.1) is 0 Å². The van der Waals surface area contributed by atoms with Crippen molar-refractivity contribution in [3.8, 4) is 0 Å². The van der Waals surface area contributed by atoms with E-state index in [0.717, 1.165) is 24.4 Å². The fourth-order valence-electron chi connectivity index (χ4n) is 1.39. The van der Waals surface area contributed by atoms with Crippen LogP contribution in [0, 0.1) is 11.6 Å². The topological polar surface area (TPSA) is 79.0 Å². The zero-order valence-corrected chi connectivity index (χ0v) is 10.2. The number of H-pyrrole nitrogens is 1. The van der Waals surface area contributed by atoms with Crippen LogP contribution in [0.25, 0.3) is 0 Å². The molecule has 0 aliphatic carbocycles. The first-order valence-corrected chi connectivity index (χ1v) is 6.53. The van der Waals surface area contributed by atoms with Crippen LogP contribution in [0.1, 0.15) is 0 Å². The van der Waals surface area contributed by atoms with E-state index in [2.05, 4.69) is 4.98 Å². The van der Waals surface area contributed by atoms with Crippen LogP contribution in [-0.4, -0.2) is 13.4 Å². The Morgan fingerprint density at radius 2 is 1.89 bits per heavy atom. The molecule has 8 heteroatoms. The molecule has 0 saturated heterocycles. The normalized spacial score (nSPS) is 11.3. The minimum absolute atomic E-state index is 0.566. The van der Waals surface area contributed by atoms with Crippen LogP contribution in [0.4, 0.5) is 14.5 Å². The van der Waals surface area contributed by atoms with Crippen LogP contribution >= 0.6 is 0 Å². The number of hydrogen-bond donors (Lipinski definition) is 2. The zero-order chi connectivity index (χ0) is 14.0. The summed E-state index contributed by atoms with van der Waals surface area (Å²) in [7, 11) is -4.28.